The predicted octanol–water partition coefficient (Wildman–Crippen LogP) is 3.15. The fraction of sp³-hybridized carbons (Fsp3) is 0.500. The minimum atomic E-state index is -0.417. The average Bonchev–Trinajstić information content (AvgIpc) is 2.89. The maximum atomic E-state index is 13.2. The highest BCUT2D eigenvalue weighted by Crippen LogP contribution is 2.37. The SMILES string of the molecule is Cl.NCC1(C(=O)NCc2cc(F)ccc2Br)CCCC1. The van der Waals surface area contributed by atoms with Crippen LogP contribution in [0.3, 0.4) is 0 Å². The number of hydrogen-bond donors (Lipinski definition) is 2. The van der Waals surface area contributed by atoms with E-state index in [0.717, 1.165) is 35.7 Å². The summed E-state index contributed by atoms with van der Waals surface area (Å²) in [7, 11) is 0. The van der Waals surface area contributed by atoms with E-state index in [9.17, 15) is 9.18 Å². The van der Waals surface area contributed by atoms with Gasteiger partial charge in [0.2, 0.25) is 5.91 Å². The zero-order valence-electron chi connectivity index (χ0n) is 11.1. The van der Waals surface area contributed by atoms with Gasteiger partial charge < -0.3 is 11.1 Å². The van der Waals surface area contributed by atoms with Gasteiger partial charge in [-0.2, -0.15) is 0 Å². The van der Waals surface area contributed by atoms with E-state index in [1.54, 1.807) is 6.07 Å². The van der Waals surface area contributed by atoms with Crippen LogP contribution in [0.15, 0.2) is 22.7 Å². The fourth-order valence-electron chi connectivity index (χ4n) is 2.62. The number of carbonyl (C=O) groups is 1. The standard InChI is InChI=1S/C14H18BrFN2O.ClH/c15-12-4-3-11(16)7-10(12)8-18-13(19)14(9-17)5-1-2-6-14;/h3-4,7H,1-2,5-6,8-9,17H2,(H,18,19);1H. The molecule has 1 saturated carbocycles. The third-order valence-corrected chi connectivity index (χ3v) is 4.65. The number of carbonyl (C=O) groups excluding carboxylic acids is 1. The van der Waals surface area contributed by atoms with Crippen molar-refractivity contribution in [2.75, 3.05) is 6.54 Å². The van der Waals surface area contributed by atoms with Crippen molar-refractivity contribution in [3.05, 3.63) is 34.1 Å². The molecular formula is C14H19BrClFN2O. The minimum Gasteiger partial charge on any atom is -0.351 e. The lowest BCUT2D eigenvalue weighted by atomic mass is 9.85. The van der Waals surface area contributed by atoms with Gasteiger partial charge in [0, 0.05) is 17.6 Å². The van der Waals surface area contributed by atoms with Crippen LogP contribution in [-0.2, 0) is 11.3 Å². The van der Waals surface area contributed by atoms with Crippen LogP contribution in [0.25, 0.3) is 0 Å². The first-order valence-electron chi connectivity index (χ1n) is 6.50. The second-order valence-corrected chi connectivity index (χ2v) is 5.96. The molecule has 20 heavy (non-hydrogen) atoms. The number of amides is 1. The third kappa shape index (κ3) is 3.71. The quantitative estimate of drug-likeness (QED) is 0.861. The van der Waals surface area contributed by atoms with E-state index >= 15 is 0 Å². The smallest absolute Gasteiger partial charge is 0.227 e. The maximum Gasteiger partial charge on any atom is 0.227 e. The average molecular weight is 366 g/mol. The van der Waals surface area contributed by atoms with Gasteiger partial charge in [-0.3, -0.25) is 4.79 Å². The molecule has 0 aliphatic heterocycles. The van der Waals surface area contributed by atoms with Crippen molar-refractivity contribution in [1.29, 1.82) is 0 Å². The number of benzene rings is 1. The monoisotopic (exact) mass is 364 g/mol. The molecule has 2 rings (SSSR count). The van der Waals surface area contributed by atoms with E-state index < -0.39 is 5.41 Å². The van der Waals surface area contributed by atoms with Crippen LogP contribution >= 0.6 is 28.3 Å². The first-order valence-corrected chi connectivity index (χ1v) is 7.29. The van der Waals surface area contributed by atoms with Crippen LogP contribution in [0.4, 0.5) is 4.39 Å². The molecule has 0 heterocycles. The van der Waals surface area contributed by atoms with E-state index in [1.165, 1.54) is 12.1 Å². The van der Waals surface area contributed by atoms with Crippen molar-refractivity contribution in [2.45, 2.75) is 32.2 Å². The van der Waals surface area contributed by atoms with Gasteiger partial charge in [-0.05, 0) is 36.6 Å². The Morgan fingerprint density at radius 1 is 1.40 bits per heavy atom. The highest BCUT2D eigenvalue weighted by Gasteiger charge is 2.39. The second-order valence-electron chi connectivity index (χ2n) is 5.11. The Morgan fingerprint density at radius 2 is 2.05 bits per heavy atom. The number of rotatable bonds is 4. The topological polar surface area (TPSA) is 55.1 Å². The Kier molecular flexibility index (Phi) is 6.43. The molecule has 1 aromatic carbocycles. The van der Waals surface area contributed by atoms with E-state index in [4.69, 9.17) is 5.73 Å². The molecule has 3 N–H and O–H groups in total. The number of hydrogen-bond acceptors (Lipinski definition) is 2. The van der Waals surface area contributed by atoms with Gasteiger partial charge in [-0.1, -0.05) is 28.8 Å². The Hall–Kier alpha value is -0.650. The van der Waals surface area contributed by atoms with E-state index in [2.05, 4.69) is 21.2 Å². The first kappa shape index (κ1) is 17.4. The lowest BCUT2D eigenvalue weighted by Crippen LogP contribution is -2.43. The molecule has 3 nitrogen and oxygen atoms in total. The summed E-state index contributed by atoms with van der Waals surface area (Å²) in [6.07, 6.45) is 3.79. The summed E-state index contributed by atoms with van der Waals surface area (Å²) < 4.78 is 14.0. The summed E-state index contributed by atoms with van der Waals surface area (Å²) in [6, 6.07) is 4.45. The van der Waals surface area contributed by atoms with Crippen molar-refractivity contribution < 1.29 is 9.18 Å². The van der Waals surface area contributed by atoms with Crippen molar-refractivity contribution in [1.82, 2.24) is 5.32 Å². The van der Waals surface area contributed by atoms with Gasteiger partial charge in [0.1, 0.15) is 5.82 Å². The van der Waals surface area contributed by atoms with Crippen LogP contribution in [0, 0.1) is 11.2 Å². The van der Waals surface area contributed by atoms with Crippen LogP contribution < -0.4 is 11.1 Å². The molecule has 0 saturated heterocycles. The maximum absolute atomic E-state index is 13.2. The minimum absolute atomic E-state index is 0. The second kappa shape index (κ2) is 7.38. The zero-order valence-corrected chi connectivity index (χ0v) is 13.5. The fourth-order valence-corrected chi connectivity index (χ4v) is 3.00. The molecule has 0 atom stereocenters. The molecule has 1 aliphatic rings. The summed E-state index contributed by atoms with van der Waals surface area (Å²) in [5.74, 6) is -0.314. The van der Waals surface area contributed by atoms with E-state index in [1.807, 2.05) is 0 Å². The molecule has 0 spiro atoms. The van der Waals surface area contributed by atoms with Gasteiger partial charge in [0.05, 0.1) is 5.41 Å². The lowest BCUT2D eigenvalue weighted by Gasteiger charge is -2.25. The van der Waals surface area contributed by atoms with Gasteiger partial charge >= 0.3 is 0 Å². The highest BCUT2D eigenvalue weighted by molar-refractivity contribution is 9.10. The van der Waals surface area contributed by atoms with Crippen molar-refractivity contribution >= 4 is 34.2 Å². The Labute approximate surface area is 133 Å². The van der Waals surface area contributed by atoms with Crippen LogP contribution in [0.1, 0.15) is 31.2 Å². The molecule has 1 amide bonds. The van der Waals surface area contributed by atoms with Crippen molar-refractivity contribution in [3.8, 4) is 0 Å². The Bertz CT molecular complexity index is 478. The van der Waals surface area contributed by atoms with Crippen molar-refractivity contribution in [2.24, 2.45) is 11.1 Å². The van der Waals surface area contributed by atoms with Crippen LogP contribution in [-0.4, -0.2) is 12.5 Å². The number of nitrogens with two attached hydrogens (primary N) is 1. The zero-order chi connectivity index (χ0) is 13.9. The number of nitrogens with one attached hydrogen (secondary N) is 1. The third-order valence-electron chi connectivity index (χ3n) is 3.88. The molecule has 0 aromatic heterocycles. The molecule has 1 aromatic rings. The lowest BCUT2D eigenvalue weighted by molar-refractivity contribution is -0.130. The molecule has 112 valence electrons. The molecule has 1 fully saturated rings. The molecular weight excluding hydrogens is 347 g/mol. The molecule has 1 aliphatic carbocycles. The molecule has 6 heteroatoms. The van der Waals surface area contributed by atoms with Gasteiger partial charge in [0.25, 0.3) is 0 Å². The van der Waals surface area contributed by atoms with E-state index in [-0.39, 0.29) is 24.1 Å². The Morgan fingerprint density at radius 3 is 2.65 bits per heavy atom. The summed E-state index contributed by atoms with van der Waals surface area (Å²) in [4.78, 5) is 12.3. The normalized spacial score (nSPS) is 16.6. The summed E-state index contributed by atoms with van der Waals surface area (Å²) in [5, 5.41) is 2.89. The molecule has 0 bridgehead atoms. The molecule has 0 unspecified atom stereocenters. The first-order chi connectivity index (χ1) is 9.07. The summed E-state index contributed by atoms with van der Waals surface area (Å²) >= 11 is 3.35. The van der Waals surface area contributed by atoms with E-state index in [0.29, 0.717) is 13.1 Å². The molecule has 0 radical (unpaired) electrons. The van der Waals surface area contributed by atoms with Gasteiger partial charge in [0.15, 0.2) is 0 Å². The van der Waals surface area contributed by atoms with Gasteiger partial charge in [-0.25, -0.2) is 4.39 Å². The van der Waals surface area contributed by atoms with Crippen molar-refractivity contribution in [3.63, 3.8) is 0 Å². The van der Waals surface area contributed by atoms with Gasteiger partial charge in [-0.15, -0.1) is 12.4 Å². The summed E-state index contributed by atoms with van der Waals surface area (Å²) in [6.45, 7) is 0.697. The Balaban J connectivity index is 0.00000200. The predicted molar refractivity (Wildman–Crippen MR) is 83.2 cm³/mol. The van der Waals surface area contributed by atoms with Crippen LogP contribution in [0.2, 0.25) is 0 Å². The number of halogens is 3. The van der Waals surface area contributed by atoms with Crippen LogP contribution in [0.5, 0.6) is 0 Å². The largest absolute Gasteiger partial charge is 0.351 e. The summed E-state index contributed by atoms with van der Waals surface area (Å²) in [5.41, 5.74) is 6.08. The highest BCUT2D eigenvalue weighted by atomic mass is 79.9.